The lowest BCUT2D eigenvalue weighted by molar-refractivity contribution is 0.251. The molecule has 3 aliphatic heterocycles. The largest absolute Gasteiger partial charge is 0.493 e. The van der Waals surface area contributed by atoms with Crippen molar-refractivity contribution < 1.29 is 13.2 Å². The standard InChI is InChI=1S/C16H22N2O3S/c1-18(14-9-12-2-3-13(10-14)17-12)22(19,20)15-4-5-16-11(8-15)6-7-21-16/h4-5,8,12-14,17H,2-3,6-7,9-10H2,1H3. The Bertz CT molecular complexity index is 677. The van der Waals surface area contributed by atoms with Crippen LogP contribution in [-0.4, -0.2) is 44.5 Å². The van der Waals surface area contributed by atoms with Gasteiger partial charge in [0.2, 0.25) is 10.0 Å². The van der Waals surface area contributed by atoms with E-state index >= 15 is 0 Å². The highest BCUT2D eigenvalue weighted by molar-refractivity contribution is 7.89. The van der Waals surface area contributed by atoms with Crippen molar-refractivity contribution in [2.75, 3.05) is 13.7 Å². The second-order valence-corrected chi connectivity index (χ2v) is 8.65. The van der Waals surface area contributed by atoms with Crippen molar-refractivity contribution in [2.24, 2.45) is 0 Å². The van der Waals surface area contributed by atoms with Crippen molar-refractivity contribution in [2.45, 2.75) is 55.1 Å². The fourth-order valence-electron chi connectivity index (χ4n) is 4.01. The molecule has 1 aromatic carbocycles. The summed E-state index contributed by atoms with van der Waals surface area (Å²) in [4.78, 5) is 0.394. The second-order valence-electron chi connectivity index (χ2n) is 6.65. The van der Waals surface area contributed by atoms with Gasteiger partial charge in [0.25, 0.3) is 0 Å². The lowest BCUT2D eigenvalue weighted by atomic mass is 10.0. The van der Waals surface area contributed by atoms with E-state index in [0.29, 0.717) is 23.6 Å². The maximum absolute atomic E-state index is 12.9. The van der Waals surface area contributed by atoms with Gasteiger partial charge in [-0.15, -0.1) is 0 Å². The van der Waals surface area contributed by atoms with E-state index in [0.717, 1.165) is 30.6 Å². The van der Waals surface area contributed by atoms with Crippen LogP contribution in [0, 0.1) is 0 Å². The Kier molecular flexibility index (Phi) is 3.43. The molecular weight excluding hydrogens is 300 g/mol. The highest BCUT2D eigenvalue weighted by Gasteiger charge is 2.39. The minimum absolute atomic E-state index is 0.105. The predicted octanol–water partition coefficient (Wildman–Crippen LogP) is 1.52. The summed E-state index contributed by atoms with van der Waals surface area (Å²) in [5.74, 6) is 0.821. The Labute approximate surface area is 131 Å². The molecule has 1 N–H and O–H groups in total. The van der Waals surface area contributed by atoms with Crippen molar-refractivity contribution in [3.05, 3.63) is 23.8 Å². The van der Waals surface area contributed by atoms with Crippen LogP contribution in [0.2, 0.25) is 0 Å². The zero-order valence-corrected chi connectivity index (χ0v) is 13.6. The molecule has 1 aromatic rings. The first-order valence-corrected chi connectivity index (χ1v) is 9.48. The molecule has 4 rings (SSSR count). The van der Waals surface area contributed by atoms with Gasteiger partial charge in [0.1, 0.15) is 5.75 Å². The van der Waals surface area contributed by atoms with Gasteiger partial charge in [-0.1, -0.05) is 0 Å². The summed E-state index contributed by atoms with van der Waals surface area (Å²) < 4.78 is 32.9. The van der Waals surface area contributed by atoms with E-state index in [1.54, 1.807) is 29.6 Å². The highest BCUT2D eigenvalue weighted by Crippen LogP contribution is 2.33. The van der Waals surface area contributed by atoms with Crippen LogP contribution in [0.15, 0.2) is 23.1 Å². The molecular formula is C16H22N2O3S. The maximum Gasteiger partial charge on any atom is 0.243 e. The van der Waals surface area contributed by atoms with Crippen LogP contribution in [0.25, 0.3) is 0 Å². The van der Waals surface area contributed by atoms with Gasteiger partial charge in [0.05, 0.1) is 11.5 Å². The van der Waals surface area contributed by atoms with E-state index in [4.69, 9.17) is 4.74 Å². The highest BCUT2D eigenvalue weighted by atomic mass is 32.2. The Balaban J connectivity index is 1.60. The smallest absolute Gasteiger partial charge is 0.243 e. The molecule has 6 heteroatoms. The second kappa shape index (κ2) is 5.22. The number of hydrogen-bond acceptors (Lipinski definition) is 4. The number of hydrogen-bond donors (Lipinski definition) is 1. The molecule has 120 valence electrons. The van der Waals surface area contributed by atoms with Crippen LogP contribution in [0.5, 0.6) is 5.75 Å². The maximum atomic E-state index is 12.9. The number of benzene rings is 1. The molecule has 3 aliphatic rings. The SMILES string of the molecule is CN(C1CC2CCC(C1)N2)S(=O)(=O)c1ccc2c(c1)CCO2. The molecule has 2 unspecified atom stereocenters. The zero-order chi connectivity index (χ0) is 15.3. The third kappa shape index (κ3) is 2.33. The van der Waals surface area contributed by atoms with E-state index < -0.39 is 10.0 Å². The summed E-state index contributed by atoms with van der Waals surface area (Å²) in [5.41, 5.74) is 1.000. The van der Waals surface area contributed by atoms with E-state index in [9.17, 15) is 8.42 Å². The third-order valence-corrected chi connectivity index (χ3v) is 7.21. The molecule has 2 fully saturated rings. The first kappa shape index (κ1) is 14.5. The van der Waals surface area contributed by atoms with Crippen LogP contribution < -0.4 is 10.1 Å². The Hall–Kier alpha value is -1.11. The fraction of sp³-hybridized carbons (Fsp3) is 0.625. The van der Waals surface area contributed by atoms with Gasteiger partial charge in [-0.25, -0.2) is 8.42 Å². The molecule has 2 bridgehead atoms. The summed E-state index contributed by atoms with van der Waals surface area (Å²) in [6.07, 6.45) is 4.97. The third-order valence-electron chi connectivity index (χ3n) is 5.30. The quantitative estimate of drug-likeness (QED) is 0.917. The number of nitrogens with zero attached hydrogens (tertiary/aromatic N) is 1. The van der Waals surface area contributed by atoms with Crippen molar-refractivity contribution in [3.63, 3.8) is 0 Å². The molecule has 2 atom stereocenters. The Morgan fingerprint density at radius 2 is 1.95 bits per heavy atom. The number of rotatable bonds is 3. The Morgan fingerprint density at radius 1 is 1.23 bits per heavy atom. The lowest BCUT2D eigenvalue weighted by Gasteiger charge is -2.34. The fourth-order valence-corrected chi connectivity index (χ4v) is 5.44. The van der Waals surface area contributed by atoms with Gasteiger partial charge in [-0.2, -0.15) is 4.31 Å². The summed E-state index contributed by atoms with van der Waals surface area (Å²) in [7, 11) is -1.70. The van der Waals surface area contributed by atoms with Crippen molar-refractivity contribution in [1.82, 2.24) is 9.62 Å². The van der Waals surface area contributed by atoms with Gasteiger partial charge in [0, 0.05) is 31.6 Å². The van der Waals surface area contributed by atoms with Crippen LogP contribution in [-0.2, 0) is 16.4 Å². The number of piperidine rings is 1. The summed E-state index contributed by atoms with van der Waals surface area (Å²) in [5, 5.41) is 3.56. The minimum atomic E-state index is -3.43. The van der Waals surface area contributed by atoms with Crippen LogP contribution in [0.4, 0.5) is 0 Å². The van der Waals surface area contributed by atoms with E-state index in [1.807, 2.05) is 0 Å². The van der Waals surface area contributed by atoms with Gasteiger partial charge in [-0.05, 0) is 49.4 Å². The topological polar surface area (TPSA) is 58.6 Å². The monoisotopic (exact) mass is 322 g/mol. The molecule has 3 heterocycles. The Morgan fingerprint density at radius 3 is 2.68 bits per heavy atom. The van der Waals surface area contributed by atoms with Gasteiger partial charge >= 0.3 is 0 Å². The first-order chi connectivity index (χ1) is 10.5. The average molecular weight is 322 g/mol. The number of sulfonamides is 1. The van der Waals surface area contributed by atoms with Crippen molar-refractivity contribution >= 4 is 10.0 Å². The van der Waals surface area contributed by atoms with Crippen LogP contribution in [0.1, 0.15) is 31.2 Å². The predicted molar refractivity (Wildman–Crippen MR) is 83.6 cm³/mol. The molecule has 2 saturated heterocycles. The van der Waals surface area contributed by atoms with E-state index in [-0.39, 0.29) is 6.04 Å². The molecule has 0 aromatic heterocycles. The molecule has 0 aliphatic carbocycles. The molecule has 0 saturated carbocycles. The molecule has 0 amide bonds. The average Bonchev–Trinajstić information content (AvgIpc) is 3.11. The van der Waals surface area contributed by atoms with Crippen molar-refractivity contribution in [3.8, 4) is 5.75 Å². The van der Waals surface area contributed by atoms with Gasteiger partial charge in [0.15, 0.2) is 0 Å². The normalized spacial score (nSPS) is 30.4. The van der Waals surface area contributed by atoms with E-state index in [2.05, 4.69) is 5.32 Å². The lowest BCUT2D eigenvalue weighted by Crippen LogP contribution is -2.48. The van der Waals surface area contributed by atoms with Crippen LogP contribution >= 0.6 is 0 Å². The van der Waals surface area contributed by atoms with Crippen LogP contribution in [0.3, 0.4) is 0 Å². The van der Waals surface area contributed by atoms with Crippen molar-refractivity contribution in [1.29, 1.82) is 0 Å². The number of ether oxygens (including phenoxy) is 1. The number of fused-ring (bicyclic) bond motifs is 3. The summed E-state index contributed by atoms with van der Waals surface area (Å²) in [6.45, 7) is 0.645. The summed E-state index contributed by atoms with van der Waals surface area (Å²) in [6, 6.07) is 6.31. The first-order valence-electron chi connectivity index (χ1n) is 8.04. The number of nitrogens with one attached hydrogen (secondary N) is 1. The molecule has 22 heavy (non-hydrogen) atoms. The zero-order valence-electron chi connectivity index (χ0n) is 12.8. The van der Waals surface area contributed by atoms with Gasteiger partial charge in [-0.3, -0.25) is 0 Å². The molecule has 0 radical (unpaired) electrons. The van der Waals surface area contributed by atoms with Gasteiger partial charge < -0.3 is 10.1 Å². The minimum Gasteiger partial charge on any atom is -0.493 e. The van der Waals surface area contributed by atoms with E-state index in [1.165, 1.54) is 12.8 Å². The summed E-state index contributed by atoms with van der Waals surface area (Å²) >= 11 is 0. The molecule has 0 spiro atoms. The molecule has 5 nitrogen and oxygen atoms in total.